The summed E-state index contributed by atoms with van der Waals surface area (Å²) in [6.45, 7) is 7.69. The molecule has 1 aliphatic heterocycles. The van der Waals surface area contributed by atoms with Crippen LogP contribution >= 0.6 is 0 Å². The first-order valence-corrected chi connectivity index (χ1v) is 8.87. The Labute approximate surface area is 142 Å². The Hall–Kier alpha value is -2.14. The molecule has 0 spiro atoms. The number of benzene rings is 1. The number of fused-ring (bicyclic) bond motifs is 1. The molecule has 126 valence electrons. The highest BCUT2D eigenvalue weighted by molar-refractivity contribution is 5.79. The van der Waals surface area contributed by atoms with E-state index in [4.69, 9.17) is 4.98 Å². The van der Waals surface area contributed by atoms with E-state index in [2.05, 4.69) is 52.1 Å². The number of aromatic amines is 2. The van der Waals surface area contributed by atoms with E-state index in [1.165, 1.54) is 29.7 Å². The molecule has 0 aliphatic carbocycles. The minimum absolute atomic E-state index is 0.639. The van der Waals surface area contributed by atoms with Crippen molar-refractivity contribution in [1.82, 2.24) is 25.1 Å². The molecule has 0 amide bonds. The van der Waals surface area contributed by atoms with E-state index in [1.54, 1.807) is 0 Å². The number of likely N-dealkylation sites (tertiary alicyclic amines) is 1. The summed E-state index contributed by atoms with van der Waals surface area (Å²) >= 11 is 0. The predicted molar refractivity (Wildman–Crippen MR) is 96.3 cm³/mol. The first-order valence-electron chi connectivity index (χ1n) is 8.87. The molecular weight excluding hydrogens is 298 g/mol. The molecule has 1 fully saturated rings. The molecule has 2 aromatic heterocycles. The number of aromatic nitrogens is 4. The van der Waals surface area contributed by atoms with Crippen molar-refractivity contribution in [2.45, 2.75) is 39.0 Å². The second-order valence-corrected chi connectivity index (χ2v) is 6.97. The standard InChI is InChI=1S/C19H25N5/c1-13-3-4-17-19(14(13)2)22-18(21-17)8-12-24-10-6-15(7-11-24)16-5-9-20-23-16/h3-5,9,15H,6-8,10-12H2,1-2H3,(H,20,23)(H,21,22). The third-order valence-corrected chi connectivity index (χ3v) is 5.44. The van der Waals surface area contributed by atoms with Gasteiger partial charge in [-0.3, -0.25) is 5.10 Å². The van der Waals surface area contributed by atoms with E-state index in [1.807, 2.05) is 6.20 Å². The summed E-state index contributed by atoms with van der Waals surface area (Å²) in [7, 11) is 0. The summed E-state index contributed by atoms with van der Waals surface area (Å²) in [6.07, 6.45) is 5.26. The molecule has 4 rings (SSSR count). The van der Waals surface area contributed by atoms with Crippen molar-refractivity contribution in [3.8, 4) is 0 Å². The van der Waals surface area contributed by atoms with Crippen molar-refractivity contribution < 1.29 is 0 Å². The number of aryl methyl sites for hydroxylation is 2. The van der Waals surface area contributed by atoms with Crippen LogP contribution in [0.15, 0.2) is 24.4 Å². The monoisotopic (exact) mass is 323 g/mol. The number of hydrogen-bond acceptors (Lipinski definition) is 3. The Morgan fingerprint density at radius 1 is 1.17 bits per heavy atom. The summed E-state index contributed by atoms with van der Waals surface area (Å²) in [6, 6.07) is 6.42. The van der Waals surface area contributed by atoms with Gasteiger partial charge >= 0.3 is 0 Å². The first-order chi connectivity index (χ1) is 11.7. The number of rotatable bonds is 4. The lowest BCUT2D eigenvalue weighted by Gasteiger charge is -2.31. The average molecular weight is 323 g/mol. The lowest BCUT2D eigenvalue weighted by atomic mass is 9.93. The van der Waals surface area contributed by atoms with E-state index < -0.39 is 0 Å². The minimum atomic E-state index is 0.639. The molecule has 2 N–H and O–H groups in total. The van der Waals surface area contributed by atoms with Gasteiger partial charge < -0.3 is 9.88 Å². The molecule has 5 nitrogen and oxygen atoms in total. The third kappa shape index (κ3) is 2.96. The first kappa shape index (κ1) is 15.4. The maximum absolute atomic E-state index is 4.82. The Morgan fingerprint density at radius 3 is 2.75 bits per heavy atom. The zero-order valence-electron chi connectivity index (χ0n) is 14.5. The molecule has 0 saturated carbocycles. The van der Waals surface area contributed by atoms with Gasteiger partial charge in [-0.15, -0.1) is 0 Å². The second kappa shape index (κ2) is 6.40. The van der Waals surface area contributed by atoms with Gasteiger partial charge in [-0.05, 0) is 63.0 Å². The normalized spacial score (nSPS) is 16.9. The summed E-state index contributed by atoms with van der Waals surface area (Å²) in [5.41, 5.74) is 6.17. The van der Waals surface area contributed by atoms with Crippen molar-refractivity contribution in [3.05, 3.63) is 47.0 Å². The number of hydrogen-bond donors (Lipinski definition) is 2. The molecule has 3 heterocycles. The third-order valence-electron chi connectivity index (χ3n) is 5.44. The molecular formula is C19H25N5. The fourth-order valence-electron chi connectivity index (χ4n) is 3.71. The van der Waals surface area contributed by atoms with Crippen LogP contribution in [-0.2, 0) is 6.42 Å². The Kier molecular flexibility index (Phi) is 4.10. The van der Waals surface area contributed by atoms with Crippen molar-refractivity contribution in [1.29, 1.82) is 0 Å². The zero-order chi connectivity index (χ0) is 16.5. The van der Waals surface area contributed by atoms with Gasteiger partial charge in [-0.2, -0.15) is 5.10 Å². The van der Waals surface area contributed by atoms with Gasteiger partial charge in [0.05, 0.1) is 11.0 Å². The maximum atomic E-state index is 4.82. The Balaban J connectivity index is 1.35. The number of nitrogens with one attached hydrogen (secondary N) is 2. The average Bonchev–Trinajstić information content (AvgIpc) is 3.27. The van der Waals surface area contributed by atoms with Gasteiger partial charge in [0.1, 0.15) is 5.82 Å². The molecule has 24 heavy (non-hydrogen) atoms. The smallest absolute Gasteiger partial charge is 0.108 e. The minimum Gasteiger partial charge on any atom is -0.342 e. The van der Waals surface area contributed by atoms with Gasteiger partial charge in [0.15, 0.2) is 0 Å². The summed E-state index contributed by atoms with van der Waals surface area (Å²) < 4.78 is 0. The lowest BCUT2D eigenvalue weighted by Crippen LogP contribution is -2.34. The van der Waals surface area contributed by atoms with E-state index in [0.717, 1.165) is 42.9 Å². The van der Waals surface area contributed by atoms with E-state index in [-0.39, 0.29) is 0 Å². The van der Waals surface area contributed by atoms with Crippen LogP contribution in [0.5, 0.6) is 0 Å². The van der Waals surface area contributed by atoms with Crippen LogP contribution < -0.4 is 0 Å². The maximum Gasteiger partial charge on any atom is 0.108 e. The summed E-state index contributed by atoms with van der Waals surface area (Å²) in [5, 5.41) is 7.20. The predicted octanol–water partition coefficient (Wildman–Crippen LogP) is 3.32. The van der Waals surface area contributed by atoms with Crippen LogP contribution in [0.3, 0.4) is 0 Å². The topological polar surface area (TPSA) is 60.6 Å². The molecule has 1 saturated heterocycles. The van der Waals surface area contributed by atoms with Crippen molar-refractivity contribution in [3.63, 3.8) is 0 Å². The number of nitrogens with zero attached hydrogens (tertiary/aromatic N) is 3. The molecule has 5 heteroatoms. The van der Waals surface area contributed by atoms with Gasteiger partial charge in [-0.25, -0.2) is 4.98 Å². The Bertz CT molecular complexity index is 810. The summed E-state index contributed by atoms with van der Waals surface area (Å²) in [5.74, 6) is 1.75. The van der Waals surface area contributed by atoms with Gasteiger partial charge in [0.2, 0.25) is 0 Å². The SMILES string of the molecule is Cc1ccc2[nH]c(CCN3CCC(c4ccn[nH]4)CC3)nc2c1C. The second-order valence-electron chi connectivity index (χ2n) is 6.97. The van der Waals surface area contributed by atoms with Crippen molar-refractivity contribution >= 4 is 11.0 Å². The molecule has 0 radical (unpaired) electrons. The number of piperidine rings is 1. The lowest BCUT2D eigenvalue weighted by molar-refractivity contribution is 0.212. The molecule has 3 aromatic rings. The van der Waals surface area contributed by atoms with E-state index in [0.29, 0.717) is 5.92 Å². The van der Waals surface area contributed by atoms with Crippen molar-refractivity contribution in [2.24, 2.45) is 0 Å². The van der Waals surface area contributed by atoms with Gasteiger partial charge in [0.25, 0.3) is 0 Å². The quantitative estimate of drug-likeness (QED) is 0.774. The highest BCUT2D eigenvalue weighted by atomic mass is 15.1. The molecule has 0 atom stereocenters. The highest BCUT2D eigenvalue weighted by Gasteiger charge is 2.21. The fraction of sp³-hybridized carbons (Fsp3) is 0.474. The van der Waals surface area contributed by atoms with Crippen LogP contribution in [0.2, 0.25) is 0 Å². The van der Waals surface area contributed by atoms with E-state index in [9.17, 15) is 0 Å². The largest absolute Gasteiger partial charge is 0.342 e. The van der Waals surface area contributed by atoms with Crippen LogP contribution in [0, 0.1) is 13.8 Å². The number of imidazole rings is 1. The van der Waals surface area contributed by atoms with Crippen LogP contribution in [0.1, 0.15) is 41.4 Å². The van der Waals surface area contributed by atoms with Gasteiger partial charge in [0, 0.05) is 30.8 Å². The summed E-state index contributed by atoms with van der Waals surface area (Å²) in [4.78, 5) is 10.9. The number of H-pyrrole nitrogens is 2. The van der Waals surface area contributed by atoms with Crippen LogP contribution in [0.25, 0.3) is 11.0 Å². The van der Waals surface area contributed by atoms with E-state index >= 15 is 0 Å². The fourth-order valence-corrected chi connectivity index (χ4v) is 3.71. The highest BCUT2D eigenvalue weighted by Crippen LogP contribution is 2.26. The van der Waals surface area contributed by atoms with Crippen LogP contribution in [0.4, 0.5) is 0 Å². The Morgan fingerprint density at radius 2 is 2.00 bits per heavy atom. The molecule has 1 aliphatic rings. The molecule has 0 bridgehead atoms. The van der Waals surface area contributed by atoms with Crippen molar-refractivity contribution in [2.75, 3.05) is 19.6 Å². The van der Waals surface area contributed by atoms with Crippen LogP contribution in [-0.4, -0.2) is 44.7 Å². The molecule has 1 aromatic carbocycles. The van der Waals surface area contributed by atoms with Gasteiger partial charge in [-0.1, -0.05) is 6.07 Å². The molecule has 0 unspecified atom stereocenters. The zero-order valence-corrected chi connectivity index (χ0v) is 14.5.